The summed E-state index contributed by atoms with van der Waals surface area (Å²) in [6.07, 6.45) is 0. The zero-order valence-electron chi connectivity index (χ0n) is 9.44. The molecule has 0 aliphatic heterocycles. The minimum Gasteiger partial charge on any atom is -0.483 e. The number of rotatable bonds is 4. The Morgan fingerprint density at radius 2 is 2.06 bits per heavy atom. The number of hydrogen-bond donors (Lipinski definition) is 1. The highest BCUT2D eigenvalue weighted by atomic mass is 79.9. The van der Waals surface area contributed by atoms with Gasteiger partial charge in [-0.2, -0.15) is 0 Å². The fraction of sp³-hybridized carbons (Fsp3) is 0.273. The zero-order valence-corrected chi connectivity index (χ0v) is 11.0. The third kappa shape index (κ3) is 3.74. The number of carbonyl (C=O) groups is 2. The monoisotopic (exact) mass is 301 g/mol. The number of likely N-dealkylation sites (N-methyl/N-ethyl adjacent to an activating group) is 1. The van der Waals surface area contributed by atoms with Crippen molar-refractivity contribution in [2.24, 2.45) is 0 Å². The Bertz CT molecular complexity index is 445. The molecule has 1 aromatic rings. The largest absolute Gasteiger partial charge is 0.483 e. The van der Waals surface area contributed by atoms with Gasteiger partial charge in [0.25, 0.3) is 5.91 Å². The number of carbonyl (C=O) groups excluding carboxylic acids is 1. The van der Waals surface area contributed by atoms with Gasteiger partial charge in [0, 0.05) is 18.6 Å². The summed E-state index contributed by atoms with van der Waals surface area (Å²) in [6, 6.07) is 4.59. The first-order valence-corrected chi connectivity index (χ1v) is 5.57. The molecular formula is C11H12BrNO4. The minimum absolute atomic E-state index is 0.0194. The summed E-state index contributed by atoms with van der Waals surface area (Å²) in [5, 5.41) is 8.97. The number of nitrogens with zero attached hydrogens (tertiary/aromatic N) is 1. The Labute approximate surface area is 107 Å². The van der Waals surface area contributed by atoms with Crippen molar-refractivity contribution in [3.05, 3.63) is 28.2 Å². The van der Waals surface area contributed by atoms with E-state index in [2.05, 4.69) is 15.9 Å². The SMILES string of the molecule is CN(C)C(=O)COc1ccc(Br)cc1C(=O)O. The lowest BCUT2D eigenvalue weighted by Gasteiger charge is -2.12. The van der Waals surface area contributed by atoms with E-state index < -0.39 is 5.97 Å². The van der Waals surface area contributed by atoms with Crippen LogP contribution < -0.4 is 4.74 Å². The van der Waals surface area contributed by atoms with Crippen LogP contribution in [0.2, 0.25) is 0 Å². The van der Waals surface area contributed by atoms with E-state index in [4.69, 9.17) is 9.84 Å². The Balaban J connectivity index is 2.84. The highest BCUT2D eigenvalue weighted by molar-refractivity contribution is 9.10. The predicted octanol–water partition coefficient (Wildman–Crippen LogP) is 1.61. The molecule has 5 nitrogen and oxygen atoms in total. The normalized spacial score (nSPS) is 9.82. The van der Waals surface area contributed by atoms with Gasteiger partial charge in [-0.05, 0) is 18.2 Å². The highest BCUT2D eigenvalue weighted by Gasteiger charge is 2.13. The van der Waals surface area contributed by atoms with Crippen LogP contribution in [-0.2, 0) is 4.79 Å². The summed E-state index contributed by atoms with van der Waals surface area (Å²) < 4.78 is 5.82. The van der Waals surface area contributed by atoms with Crippen LogP contribution in [0, 0.1) is 0 Å². The molecule has 1 aromatic carbocycles. The van der Waals surface area contributed by atoms with E-state index in [-0.39, 0.29) is 23.8 Å². The van der Waals surface area contributed by atoms with Gasteiger partial charge in [-0.3, -0.25) is 4.79 Å². The first-order valence-electron chi connectivity index (χ1n) is 4.77. The molecule has 1 N–H and O–H groups in total. The second-order valence-electron chi connectivity index (χ2n) is 3.52. The maximum Gasteiger partial charge on any atom is 0.339 e. The van der Waals surface area contributed by atoms with Crippen molar-refractivity contribution in [2.45, 2.75) is 0 Å². The van der Waals surface area contributed by atoms with Crippen LogP contribution in [0.4, 0.5) is 0 Å². The summed E-state index contributed by atoms with van der Waals surface area (Å²) in [7, 11) is 3.21. The van der Waals surface area contributed by atoms with Crippen molar-refractivity contribution in [3.8, 4) is 5.75 Å². The second kappa shape index (κ2) is 5.67. The lowest BCUT2D eigenvalue weighted by atomic mass is 10.2. The molecule has 0 saturated carbocycles. The van der Waals surface area contributed by atoms with Gasteiger partial charge in [0.05, 0.1) is 0 Å². The Morgan fingerprint density at radius 3 is 2.59 bits per heavy atom. The summed E-state index contributed by atoms with van der Waals surface area (Å²) >= 11 is 3.17. The fourth-order valence-corrected chi connectivity index (χ4v) is 1.42. The summed E-state index contributed by atoms with van der Waals surface area (Å²) in [4.78, 5) is 23.6. The van der Waals surface area contributed by atoms with Crippen LogP contribution in [0.25, 0.3) is 0 Å². The summed E-state index contributed by atoms with van der Waals surface area (Å²) in [5.41, 5.74) is 0.0194. The smallest absolute Gasteiger partial charge is 0.339 e. The van der Waals surface area contributed by atoms with Crippen LogP contribution in [-0.4, -0.2) is 42.6 Å². The van der Waals surface area contributed by atoms with Crippen molar-refractivity contribution in [1.82, 2.24) is 4.90 Å². The van der Waals surface area contributed by atoms with Crippen molar-refractivity contribution in [3.63, 3.8) is 0 Å². The zero-order chi connectivity index (χ0) is 13.0. The van der Waals surface area contributed by atoms with Crippen molar-refractivity contribution < 1.29 is 19.4 Å². The van der Waals surface area contributed by atoms with Gasteiger partial charge in [-0.25, -0.2) is 4.79 Å². The molecule has 0 bridgehead atoms. The van der Waals surface area contributed by atoms with E-state index in [1.165, 1.54) is 17.0 Å². The van der Waals surface area contributed by atoms with Crippen LogP contribution >= 0.6 is 15.9 Å². The van der Waals surface area contributed by atoms with Gasteiger partial charge in [0.1, 0.15) is 11.3 Å². The molecule has 0 heterocycles. The minimum atomic E-state index is -1.10. The van der Waals surface area contributed by atoms with Crippen LogP contribution in [0.5, 0.6) is 5.75 Å². The highest BCUT2D eigenvalue weighted by Crippen LogP contribution is 2.23. The number of carboxylic acid groups (broad SMARTS) is 1. The van der Waals surface area contributed by atoms with E-state index in [1.807, 2.05) is 0 Å². The maximum absolute atomic E-state index is 11.3. The molecule has 17 heavy (non-hydrogen) atoms. The van der Waals surface area contributed by atoms with Gasteiger partial charge < -0.3 is 14.7 Å². The first kappa shape index (κ1) is 13.5. The number of carboxylic acids is 1. The summed E-state index contributed by atoms with van der Waals surface area (Å²) in [5.74, 6) is -1.15. The molecule has 1 amide bonds. The number of halogens is 1. The molecule has 0 aromatic heterocycles. The Morgan fingerprint density at radius 1 is 1.41 bits per heavy atom. The molecule has 0 aliphatic carbocycles. The van der Waals surface area contributed by atoms with E-state index in [0.29, 0.717) is 4.47 Å². The molecule has 6 heteroatoms. The first-order chi connectivity index (χ1) is 7.91. The van der Waals surface area contributed by atoms with E-state index in [9.17, 15) is 9.59 Å². The molecule has 0 aliphatic rings. The average molecular weight is 302 g/mol. The van der Waals surface area contributed by atoms with Gasteiger partial charge in [0.15, 0.2) is 6.61 Å². The average Bonchev–Trinajstić information content (AvgIpc) is 2.26. The standard InChI is InChI=1S/C11H12BrNO4/c1-13(2)10(14)6-17-9-4-3-7(12)5-8(9)11(15)16/h3-5H,6H2,1-2H3,(H,15,16). The van der Waals surface area contributed by atoms with Crippen molar-refractivity contribution >= 4 is 27.8 Å². The molecule has 0 fully saturated rings. The quantitative estimate of drug-likeness (QED) is 0.917. The maximum atomic E-state index is 11.3. The van der Waals surface area contributed by atoms with Gasteiger partial charge in [-0.1, -0.05) is 15.9 Å². The lowest BCUT2D eigenvalue weighted by Crippen LogP contribution is -2.27. The second-order valence-corrected chi connectivity index (χ2v) is 4.44. The predicted molar refractivity (Wildman–Crippen MR) is 65.3 cm³/mol. The fourth-order valence-electron chi connectivity index (χ4n) is 1.06. The Hall–Kier alpha value is -1.56. The molecule has 1 rings (SSSR count). The molecule has 0 unspecified atom stereocenters. The van der Waals surface area contributed by atoms with Gasteiger partial charge in [0.2, 0.25) is 0 Å². The molecular weight excluding hydrogens is 290 g/mol. The molecule has 0 saturated heterocycles. The molecule has 92 valence electrons. The molecule has 0 atom stereocenters. The molecule has 0 spiro atoms. The number of benzene rings is 1. The topological polar surface area (TPSA) is 66.8 Å². The van der Waals surface area contributed by atoms with E-state index in [0.717, 1.165) is 0 Å². The number of ether oxygens (including phenoxy) is 1. The van der Waals surface area contributed by atoms with Crippen molar-refractivity contribution in [2.75, 3.05) is 20.7 Å². The van der Waals surface area contributed by atoms with E-state index in [1.54, 1.807) is 20.2 Å². The van der Waals surface area contributed by atoms with Gasteiger partial charge >= 0.3 is 5.97 Å². The number of amides is 1. The van der Waals surface area contributed by atoms with Gasteiger partial charge in [-0.15, -0.1) is 0 Å². The van der Waals surface area contributed by atoms with Crippen molar-refractivity contribution in [1.29, 1.82) is 0 Å². The van der Waals surface area contributed by atoms with Crippen LogP contribution in [0.3, 0.4) is 0 Å². The third-order valence-electron chi connectivity index (χ3n) is 2.02. The van der Waals surface area contributed by atoms with E-state index >= 15 is 0 Å². The third-order valence-corrected chi connectivity index (χ3v) is 2.52. The summed E-state index contributed by atoms with van der Waals surface area (Å²) in [6.45, 7) is -0.186. The Kier molecular flexibility index (Phi) is 4.51. The molecule has 0 radical (unpaired) electrons. The lowest BCUT2D eigenvalue weighted by molar-refractivity contribution is -0.130. The van der Waals surface area contributed by atoms with Crippen LogP contribution in [0.15, 0.2) is 22.7 Å². The number of hydrogen-bond acceptors (Lipinski definition) is 3. The number of aromatic carboxylic acids is 1. The van der Waals surface area contributed by atoms with Crippen LogP contribution in [0.1, 0.15) is 10.4 Å².